The zero-order chi connectivity index (χ0) is 15.3. The van der Waals surface area contributed by atoms with Crippen LogP contribution < -0.4 is 5.32 Å². The van der Waals surface area contributed by atoms with E-state index in [1.807, 2.05) is 0 Å². The highest BCUT2D eigenvalue weighted by Crippen LogP contribution is 2.61. The Kier molecular flexibility index (Phi) is 3.21. The van der Waals surface area contributed by atoms with E-state index in [2.05, 4.69) is 12.2 Å². The number of hydrogen-bond acceptors (Lipinski definition) is 2. The zero-order valence-corrected chi connectivity index (χ0v) is 13.2. The number of carbonyl (C=O) groups excluding carboxylic acids is 1. The van der Waals surface area contributed by atoms with Crippen LogP contribution in [0.5, 0.6) is 5.75 Å². The molecule has 22 heavy (non-hydrogen) atoms. The van der Waals surface area contributed by atoms with Crippen molar-refractivity contribution in [3.8, 4) is 5.75 Å². The van der Waals surface area contributed by atoms with Crippen molar-refractivity contribution >= 4 is 5.91 Å². The lowest BCUT2D eigenvalue weighted by molar-refractivity contribution is -0.0688. The summed E-state index contributed by atoms with van der Waals surface area (Å²) < 4.78 is 0. The Morgan fingerprint density at radius 3 is 2.09 bits per heavy atom. The molecule has 0 spiro atoms. The van der Waals surface area contributed by atoms with Crippen molar-refractivity contribution in [1.29, 1.82) is 0 Å². The van der Waals surface area contributed by atoms with Crippen molar-refractivity contribution in [3.63, 3.8) is 0 Å². The Hall–Kier alpha value is -1.51. The summed E-state index contributed by atoms with van der Waals surface area (Å²) in [6, 6.07) is 6.77. The van der Waals surface area contributed by atoms with Gasteiger partial charge in [-0.3, -0.25) is 4.79 Å². The molecule has 1 atom stereocenters. The molecule has 0 aliphatic heterocycles. The van der Waals surface area contributed by atoms with Crippen molar-refractivity contribution in [2.24, 2.45) is 23.2 Å². The largest absolute Gasteiger partial charge is 0.508 e. The Bertz CT molecular complexity index is 542. The Morgan fingerprint density at radius 2 is 1.59 bits per heavy atom. The topological polar surface area (TPSA) is 49.3 Å². The van der Waals surface area contributed by atoms with Gasteiger partial charge in [-0.05, 0) is 92.9 Å². The van der Waals surface area contributed by atoms with Gasteiger partial charge in [0.05, 0.1) is 0 Å². The van der Waals surface area contributed by atoms with E-state index in [1.54, 1.807) is 24.3 Å². The second-order valence-electron chi connectivity index (χ2n) is 8.02. The maximum atomic E-state index is 12.5. The lowest BCUT2D eigenvalue weighted by atomic mass is 9.48. The van der Waals surface area contributed by atoms with Gasteiger partial charge in [-0.2, -0.15) is 0 Å². The minimum Gasteiger partial charge on any atom is -0.508 e. The van der Waals surface area contributed by atoms with E-state index < -0.39 is 0 Å². The highest BCUT2D eigenvalue weighted by Gasteiger charge is 2.53. The maximum Gasteiger partial charge on any atom is 0.251 e. The van der Waals surface area contributed by atoms with Crippen molar-refractivity contribution in [3.05, 3.63) is 29.8 Å². The van der Waals surface area contributed by atoms with Gasteiger partial charge < -0.3 is 10.4 Å². The highest BCUT2D eigenvalue weighted by molar-refractivity contribution is 5.94. The third kappa shape index (κ3) is 2.31. The highest BCUT2D eigenvalue weighted by atomic mass is 16.3. The molecule has 0 radical (unpaired) electrons. The van der Waals surface area contributed by atoms with Gasteiger partial charge in [0.25, 0.3) is 5.91 Å². The number of amides is 1. The van der Waals surface area contributed by atoms with E-state index in [-0.39, 0.29) is 17.7 Å². The third-order valence-corrected chi connectivity index (χ3v) is 6.48. The molecule has 3 nitrogen and oxygen atoms in total. The van der Waals surface area contributed by atoms with Crippen LogP contribution in [-0.4, -0.2) is 17.1 Å². The first-order chi connectivity index (χ1) is 10.5. The van der Waals surface area contributed by atoms with Gasteiger partial charge in [0, 0.05) is 11.6 Å². The molecule has 0 saturated heterocycles. The fourth-order valence-electron chi connectivity index (χ4n) is 5.75. The van der Waals surface area contributed by atoms with E-state index in [4.69, 9.17) is 0 Å². The number of phenolic OH excluding ortho intramolecular Hbond substituents is 1. The molecular weight excluding hydrogens is 274 g/mol. The molecule has 3 heteroatoms. The summed E-state index contributed by atoms with van der Waals surface area (Å²) in [5.74, 6) is 2.90. The predicted octanol–water partition coefficient (Wildman–Crippen LogP) is 3.73. The molecule has 4 aliphatic rings. The van der Waals surface area contributed by atoms with Crippen molar-refractivity contribution in [1.82, 2.24) is 5.32 Å². The van der Waals surface area contributed by atoms with Crippen LogP contribution in [0, 0.1) is 23.2 Å². The Labute approximate surface area is 132 Å². The van der Waals surface area contributed by atoms with Gasteiger partial charge in [-0.25, -0.2) is 0 Å². The molecule has 0 unspecified atom stereocenters. The first kappa shape index (κ1) is 14.1. The standard InChI is InChI=1S/C19H25NO2/c1-12(20-18(22)16-2-4-17(21)5-3-16)19-9-13-6-14(10-19)8-15(7-13)11-19/h2-5,12-15,21H,6-11H2,1H3,(H,20,22)/t12-,13?,14?,15?,19?/m0/s1. The maximum absolute atomic E-state index is 12.5. The molecule has 0 heterocycles. The lowest BCUT2D eigenvalue weighted by Gasteiger charge is -2.59. The number of benzene rings is 1. The van der Waals surface area contributed by atoms with Gasteiger partial charge in [0.1, 0.15) is 5.75 Å². The summed E-state index contributed by atoms with van der Waals surface area (Å²) in [6.45, 7) is 2.20. The van der Waals surface area contributed by atoms with Crippen LogP contribution in [-0.2, 0) is 0 Å². The molecule has 4 aliphatic carbocycles. The molecule has 4 saturated carbocycles. The molecule has 5 rings (SSSR count). The lowest BCUT2D eigenvalue weighted by Crippen LogP contribution is -2.55. The smallest absolute Gasteiger partial charge is 0.251 e. The summed E-state index contributed by atoms with van der Waals surface area (Å²) in [5, 5.41) is 12.6. The minimum atomic E-state index is -0.0109. The predicted molar refractivity (Wildman–Crippen MR) is 85.6 cm³/mol. The van der Waals surface area contributed by atoms with Crippen LogP contribution in [0.1, 0.15) is 55.8 Å². The van der Waals surface area contributed by atoms with E-state index in [9.17, 15) is 9.90 Å². The van der Waals surface area contributed by atoms with Crippen molar-refractivity contribution < 1.29 is 9.90 Å². The van der Waals surface area contributed by atoms with Gasteiger partial charge in [0.2, 0.25) is 0 Å². The van der Waals surface area contributed by atoms with Gasteiger partial charge in [0.15, 0.2) is 0 Å². The van der Waals surface area contributed by atoms with Gasteiger partial charge >= 0.3 is 0 Å². The molecule has 1 aromatic rings. The molecule has 0 aromatic heterocycles. The van der Waals surface area contributed by atoms with Crippen LogP contribution in [0.25, 0.3) is 0 Å². The number of rotatable bonds is 3. The SMILES string of the molecule is C[C@H](NC(=O)c1ccc(O)cc1)C12CC3CC(CC(C3)C1)C2. The second-order valence-corrected chi connectivity index (χ2v) is 8.02. The monoisotopic (exact) mass is 299 g/mol. The summed E-state index contributed by atoms with van der Waals surface area (Å²) in [5.41, 5.74) is 0.968. The number of phenols is 1. The summed E-state index contributed by atoms with van der Waals surface area (Å²) in [7, 11) is 0. The molecule has 1 aromatic carbocycles. The number of hydrogen-bond donors (Lipinski definition) is 2. The summed E-state index contributed by atoms with van der Waals surface area (Å²) in [4.78, 5) is 12.5. The average molecular weight is 299 g/mol. The number of carbonyl (C=O) groups is 1. The molecular formula is C19H25NO2. The van der Waals surface area contributed by atoms with Crippen molar-refractivity contribution in [2.75, 3.05) is 0 Å². The number of aromatic hydroxyl groups is 1. The molecule has 118 valence electrons. The molecule has 1 amide bonds. The zero-order valence-electron chi connectivity index (χ0n) is 13.2. The third-order valence-electron chi connectivity index (χ3n) is 6.48. The number of nitrogens with one attached hydrogen (secondary N) is 1. The van der Waals surface area contributed by atoms with E-state index in [0.717, 1.165) is 17.8 Å². The Balaban J connectivity index is 1.49. The quantitative estimate of drug-likeness (QED) is 0.893. The summed E-state index contributed by atoms with van der Waals surface area (Å²) in [6.07, 6.45) is 8.19. The van der Waals surface area contributed by atoms with Crippen molar-refractivity contribution in [2.45, 2.75) is 51.5 Å². The van der Waals surface area contributed by atoms with Crippen LogP contribution in [0.4, 0.5) is 0 Å². The minimum absolute atomic E-state index is 0.0109. The molecule has 4 fully saturated rings. The first-order valence-corrected chi connectivity index (χ1v) is 8.64. The van der Waals surface area contributed by atoms with Crippen LogP contribution in [0.2, 0.25) is 0 Å². The molecule has 4 bridgehead atoms. The van der Waals surface area contributed by atoms with Gasteiger partial charge in [-0.15, -0.1) is 0 Å². The van der Waals surface area contributed by atoms with E-state index in [0.29, 0.717) is 11.0 Å². The first-order valence-electron chi connectivity index (χ1n) is 8.64. The summed E-state index contributed by atoms with van der Waals surface area (Å²) >= 11 is 0. The molecule has 2 N–H and O–H groups in total. The van der Waals surface area contributed by atoms with Crippen LogP contribution >= 0.6 is 0 Å². The average Bonchev–Trinajstić information content (AvgIpc) is 2.46. The van der Waals surface area contributed by atoms with Crippen LogP contribution in [0.15, 0.2) is 24.3 Å². The van der Waals surface area contributed by atoms with E-state index >= 15 is 0 Å². The fourth-order valence-corrected chi connectivity index (χ4v) is 5.75. The Morgan fingerprint density at radius 1 is 1.09 bits per heavy atom. The normalized spacial score (nSPS) is 37.0. The van der Waals surface area contributed by atoms with Gasteiger partial charge in [-0.1, -0.05) is 0 Å². The second kappa shape index (κ2) is 5.00. The fraction of sp³-hybridized carbons (Fsp3) is 0.632. The van der Waals surface area contributed by atoms with E-state index in [1.165, 1.54) is 38.5 Å². The van der Waals surface area contributed by atoms with Crippen LogP contribution in [0.3, 0.4) is 0 Å².